The Morgan fingerprint density at radius 3 is 2.29 bits per heavy atom. The summed E-state index contributed by atoms with van der Waals surface area (Å²) in [6, 6.07) is 22.6. The maximum absolute atomic E-state index is 2.41. The van der Waals surface area contributed by atoms with Crippen molar-refractivity contribution < 1.29 is 0 Å². The Balaban J connectivity index is 1.67. The maximum Gasteiger partial charge on any atom is 0.0158 e. The largest absolute Gasteiger partial charge is 0.0895 e. The fraction of sp³-hybridized carbons (Fsp3) is 0.217. The van der Waals surface area contributed by atoms with Crippen molar-refractivity contribution in [3.05, 3.63) is 94.0 Å². The highest BCUT2D eigenvalue weighted by atomic mass is 32.2. The average molecular weight is 330 g/mol. The van der Waals surface area contributed by atoms with Gasteiger partial charge in [-0.05, 0) is 65.8 Å². The third kappa shape index (κ3) is 2.78. The van der Waals surface area contributed by atoms with Gasteiger partial charge in [0.1, 0.15) is 0 Å². The van der Waals surface area contributed by atoms with Gasteiger partial charge in [-0.3, -0.25) is 0 Å². The molecule has 1 atom stereocenters. The molecule has 1 aliphatic rings. The Hall–Kier alpha value is -1.99. The second-order valence-corrected chi connectivity index (χ2v) is 7.90. The van der Waals surface area contributed by atoms with E-state index in [1.54, 1.807) is 0 Å². The van der Waals surface area contributed by atoms with Crippen LogP contribution in [0, 0.1) is 13.8 Å². The van der Waals surface area contributed by atoms with E-state index in [0.717, 1.165) is 6.42 Å². The molecule has 0 radical (unpaired) electrons. The standard InChI is InChI=1S/C23H22S/c1-15-8-9-18(12-16(15)2)17(3)19-10-11-23-21(13-19)14-20-6-4-5-7-22(20)24-23/h4-13,17H,14H2,1-3H3. The van der Waals surface area contributed by atoms with Crippen LogP contribution in [0.2, 0.25) is 0 Å². The molecule has 3 aromatic carbocycles. The molecule has 0 N–H and O–H groups in total. The Labute approximate surface area is 148 Å². The molecule has 0 aliphatic carbocycles. The molecule has 120 valence electrons. The first-order valence-corrected chi connectivity index (χ1v) is 9.39. The van der Waals surface area contributed by atoms with Gasteiger partial charge in [-0.15, -0.1) is 0 Å². The second kappa shape index (κ2) is 6.14. The van der Waals surface area contributed by atoms with E-state index in [2.05, 4.69) is 81.4 Å². The van der Waals surface area contributed by atoms with Gasteiger partial charge in [0, 0.05) is 15.7 Å². The monoisotopic (exact) mass is 330 g/mol. The first-order chi connectivity index (χ1) is 11.6. The van der Waals surface area contributed by atoms with Gasteiger partial charge >= 0.3 is 0 Å². The van der Waals surface area contributed by atoms with Crippen molar-refractivity contribution >= 4 is 11.8 Å². The van der Waals surface area contributed by atoms with E-state index in [0.29, 0.717) is 5.92 Å². The summed E-state index contributed by atoms with van der Waals surface area (Å²) in [6.45, 7) is 6.69. The molecule has 0 saturated carbocycles. The van der Waals surface area contributed by atoms with Crippen molar-refractivity contribution in [3.63, 3.8) is 0 Å². The smallest absolute Gasteiger partial charge is 0.0158 e. The van der Waals surface area contributed by atoms with Crippen LogP contribution in [0.4, 0.5) is 0 Å². The lowest BCUT2D eigenvalue weighted by atomic mass is 9.89. The van der Waals surface area contributed by atoms with E-state index in [4.69, 9.17) is 0 Å². The van der Waals surface area contributed by atoms with Crippen LogP contribution in [0.1, 0.15) is 46.2 Å². The lowest BCUT2D eigenvalue weighted by Crippen LogP contribution is -2.03. The van der Waals surface area contributed by atoms with Crippen molar-refractivity contribution in [1.29, 1.82) is 0 Å². The molecule has 1 heterocycles. The van der Waals surface area contributed by atoms with Gasteiger partial charge in [-0.25, -0.2) is 0 Å². The van der Waals surface area contributed by atoms with Crippen LogP contribution in [0.5, 0.6) is 0 Å². The number of hydrogen-bond acceptors (Lipinski definition) is 1. The molecule has 4 rings (SSSR count). The molecule has 0 nitrogen and oxygen atoms in total. The van der Waals surface area contributed by atoms with Gasteiger partial charge in [0.15, 0.2) is 0 Å². The third-order valence-electron chi connectivity index (χ3n) is 5.19. The Kier molecular flexibility index (Phi) is 3.97. The first kappa shape index (κ1) is 15.5. The van der Waals surface area contributed by atoms with Crippen LogP contribution >= 0.6 is 11.8 Å². The van der Waals surface area contributed by atoms with Crippen molar-refractivity contribution in [1.82, 2.24) is 0 Å². The minimum Gasteiger partial charge on any atom is -0.0895 e. The van der Waals surface area contributed by atoms with E-state index < -0.39 is 0 Å². The molecular formula is C23H22S. The average Bonchev–Trinajstić information content (AvgIpc) is 2.61. The van der Waals surface area contributed by atoms with Crippen molar-refractivity contribution in [3.8, 4) is 0 Å². The summed E-state index contributed by atoms with van der Waals surface area (Å²) < 4.78 is 0. The number of benzene rings is 3. The van der Waals surface area contributed by atoms with Crippen LogP contribution < -0.4 is 0 Å². The highest BCUT2D eigenvalue weighted by Crippen LogP contribution is 2.40. The summed E-state index contributed by atoms with van der Waals surface area (Å²) in [6.07, 6.45) is 1.05. The molecule has 0 saturated heterocycles. The van der Waals surface area contributed by atoms with Gasteiger partial charge in [0.25, 0.3) is 0 Å². The van der Waals surface area contributed by atoms with Crippen LogP contribution in [-0.4, -0.2) is 0 Å². The van der Waals surface area contributed by atoms with E-state index in [9.17, 15) is 0 Å². The zero-order valence-corrected chi connectivity index (χ0v) is 15.3. The van der Waals surface area contributed by atoms with Crippen LogP contribution in [0.25, 0.3) is 0 Å². The summed E-state index contributed by atoms with van der Waals surface area (Å²) in [5.41, 5.74) is 8.47. The SMILES string of the molecule is Cc1ccc(C(C)c2ccc3c(c2)Cc2ccccc2S3)cc1C. The third-order valence-corrected chi connectivity index (χ3v) is 6.43. The number of aryl methyl sites for hydroxylation is 2. The zero-order chi connectivity index (χ0) is 16.7. The summed E-state index contributed by atoms with van der Waals surface area (Å²) >= 11 is 1.90. The van der Waals surface area contributed by atoms with Gasteiger partial charge < -0.3 is 0 Å². The number of rotatable bonds is 2. The molecule has 1 heteroatoms. The van der Waals surface area contributed by atoms with Gasteiger partial charge in [-0.1, -0.05) is 67.2 Å². The van der Waals surface area contributed by atoms with Gasteiger partial charge in [0.2, 0.25) is 0 Å². The molecule has 1 unspecified atom stereocenters. The molecule has 24 heavy (non-hydrogen) atoms. The quantitative estimate of drug-likeness (QED) is 0.403. The van der Waals surface area contributed by atoms with E-state index in [1.165, 1.54) is 43.2 Å². The van der Waals surface area contributed by atoms with E-state index in [-0.39, 0.29) is 0 Å². The maximum atomic E-state index is 2.41. The molecule has 0 spiro atoms. The van der Waals surface area contributed by atoms with Crippen molar-refractivity contribution in [2.24, 2.45) is 0 Å². The fourth-order valence-corrected chi connectivity index (χ4v) is 4.46. The number of fused-ring (bicyclic) bond motifs is 2. The predicted molar refractivity (Wildman–Crippen MR) is 103 cm³/mol. The highest BCUT2D eigenvalue weighted by molar-refractivity contribution is 7.99. The predicted octanol–water partition coefficient (Wildman–Crippen LogP) is 6.51. The van der Waals surface area contributed by atoms with Crippen molar-refractivity contribution in [2.75, 3.05) is 0 Å². The Morgan fingerprint density at radius 1 is 0.750 bits per heavy atom. The molecule has 0 fully saturated rings. The minimum atomic E-state index is 0.428. The lowest BCUT2D eigenvalue weighted by Gasteiger charge is -2.21. The van der Waals surface area contributed by atoms with E-state index >= 15 is 0 Å². The first-order valence-electron chi connectivity index (χ1n) is 8.57. The fourth-order valence-electron chi connectivity index (χ4n) is 3.41. The van der Waals surface area contributed by atoms with E-state index in [1.807, 2.05) is 11.8 Å². The summed E-state index contributed by atoms with van der Waals surface area (Å²) in [5.74, 6) is 0.428. The summed E-state index contributed by atoms with van der Waals surface area (Å²) in [7, 11) is 0. The Bertz CT molecular complexity index is 908. The second-order valence-electron chi connectivity index (χ2n) is 6.82. The van der Waals surface area contributed by atoms with Crippen LogP contribution in [0.3, 0.4) is 0 Å². The summed E-state index contributed by atoms with van der Waals surface area (Å²) in [5, 5.41) is 0. The van der Waals surface area contributed by atoms with Crippen LogP contribution in [0.15, 0.2) is 70.5 Å². The molecule has 0 aromatic heterocycles. The molecular weight excluding hydrogens is 308 g/mol. The van der Waals surface area contributed by atoms with Crippen molar-refractivity contribution in [2.45, 2.75) is 42.9 Å². The topological polar surface area (TPSA) is 0 Å². The van der Waals surface area contributed by atoms with Gasteiger partial charge in [-0.2, -0.15) is 0 Å². The number of hydrogen-bond donors (Lipinski definition) is 0. The molecule has 0 amide bonds. The highest BCUT2D eigenvalue weighted by Gasteiger charge is 2.18. The minimum absolute atomic E-state index is 0.428. The lowest BCUT2D eigenvalue weighted by molar-refractivity contribution is 0.905. The molecule has 1 aliphatic heterocycles. The zero-order valence-electron chi connectivity index (χ0n) is 14.5. The normalized spacial score (nSPS) is 14.0. The molecule has 3 aromatic rings. The van der Waals surface area contributed by atoms with Gasteiger partial charge in [0.05, 0.1) is 0 Å². The molecule has 0 bridgehead atoms. The summed E-state index contributed by atoms with van der Waals surface area (Å²) in [4.78, 5) is 2.81. The Morgan fingerprint density at radius 2 is 1.46 bits per heavy atom. The van der Waals surface area contributed by atoms with Crippen LogP contribution in [-0.2, 0) is 6.42 Å².